The maximum Gasteiger partial charge on any atom is 0.332 e. The second-order valence-corrected chi connectivity index (χ2v) is 12.9. The fourth-order valence-corrected chi connectivity index (χ4v) is 6.97. The van der Waals surface area contributed by atoms with Crippen molar-refractivity contribution >= 4 is 51.7 Å². The lowest BCUT2D eigenvalue weighted by Gasteiger charge is -2.47. The number of hydrazine groups is 1. The van der Waals surface area contributed by atoms with Crippen LogP contribution >= 0.6 is 11.3 Å². The van der Waals surface area contributed by atoms with E-state index in [1.807, 2.05) is 32.9 Å². The Bertz CT molecular complexity index is 1610. The Balaban J connectivity index is 1.48. The lowest BCUT2D eigenvalue weighted by Crippen LogP contribution is -2.67. The van der Waals surface area contributed by atoms with Crippen LogP contribution < -0.4 is 16.8 Å². The zero-order valence-corrected chi connectivity index (χ0v) is 27.3. The molecule has 244 valence electrons. The number of carbonyl (C=O) groups excluding carboxylic acids is 3. The number of nitrogen functional groups attached to an aromatic ring is 2. The second-order valence-electron chi connectivity index (χ2n) is 11.8. The number of thiazole rings is 1. The van der Waals surface area contributed by atoms with Crippen LogP contribution in [0.15, 0.2) is 54.7 Å². The van der Waals surface area contributed by atoms with E-state index in [0.717, 1.165) is 28.9 Å². The smallest absolute Gasteiger partial charge is 0.332 e. The van der Waals surface area contributed by atoms with Crippen LogP contribution in [0, 0.1) is 0 Å². The summed E-state index contributed by atoms with van der Waals surface area (Å²) in [6, 6.07) is 3.33. The van der Waals surface area contributed by atoms with Crippen LogP contribution in [0.5, 0.6) is 5.75 Å². The fraction of sp³-hybridized carbons (Fsp3) is 0.394. The zero-order chi connectivity index (χ0) is 33.1. The maximum atomic E-state index is 14.3. The Labute approximate surface area is 273 Å². The van der Waals surface area contributed by atoms with Gasteiger partial charge in [-0.3, -0.25) is 14.6 Å². The minimum Gasteiger partial charge on any atom is -0.506 e. The molecule has 2 aliphatic heterocycles. The average Bonchev–Trinajstić information content (AvgIpc) is 3.57. The number of amides is 4. The summed E-state index contributed by atoms with van der Waals surface area (Å²) in [5.74, 6) is -0.547. The number of nitrogens with one attached hydrogen (secondary N) is 1. The molecular weight excluding hydrogens is 604 g/mol. The van der Waals surface area contributed by atoms with Crippen LogP contribution in [0.25, 0.3) is 11.6 Å². The molecule has 1 aromatic heterocycles. The highest BCUT2D eigenvalue weighted by Gasteiger charge is 2.52. The van der Waals surface area contributed by atoms with Crippen molar-refractivity contribution in [3.05, 3.63) is 70.8 Å². The van der Waals surface area contributed by atoms with Crippen LogP contribution in [0.3, 0.4) is 0 Å². The Kier molecular flexibility index (Phi) is 9.82. The first-order valence-electron chi connectivity index (χ1n) is 15.4. The molecule has 2 aromatic rings. The molecule has 1 aromatic carbocycles. The molecule has 0 bridgehead atoms. The molecule has 4 amide bonds. The van der Waals surface area contributed by atoms with E-state index in [2.05, 4.69) is 29.0 Å². The molecule has 2 fully saturated rings. The first kappa shape index (κ1) is 32.8. The van der Waals surface area contributed by atoms with Gasteiger partial charge in [0.2, 0.25) is 11.8 Å². The number of hydrogen-bond acceptors (Lipinski definition) is 9. The number of anilines is 2. The number of urea groups is 1. The number of nitrogens with zero attached hydrogens (tertiary/aromatic N) is 5. The lowest BCUT2D eigenvalue weighted by atomic mass is 9.99. The van der Waals surface area contributed by atoms with E-state index in [9.17, 15) is 19.5 Å². The van der Waals surface area contributed by atoms with Gasteiger partial charge in [-0.05, 0) is 68.5 Å². The molecule has 0 unspecified atom stereocenters. The summed E-state index contributed by atoms with van der Waals surface area (Å²) in [7, 11) is 0. The predicted molar refractivity (Wildman–Crippen MR) is 181 cm³/mol. The normalized spacial score (nSPS) is 20.3. The lowest BCUT2D eigenvalue weighted by molar-refractivity contribution is -0.156. The molecule has 0 radical (unpaired) electrons. The third-order valence-electron chi connectivity index (χ3n) is 8.45. The van der Waals surface area contributed by atoms with Gasteiger partial charge in [-0.15, -0.1) is 0 Å². The van der Waals surface area contributed by atoms with E-state index in [1.165, 1.54) is 17.4 Å². The zero-order valence-electron chi connectivity index (χ0n) is 26.5. The van der Waals surface area contributed by atoms with Gasteiger partial charge in [-0.2, -0.15) is 5.01 Å². The number of aromatic nitrogens is 1. The van der Waals surface area contributed by atoms with Crippen molar-refractivity contribution in [3.8, 4) is 5.75 Å². The molecule has 5 rings (SSSR count). The molecule has 12 nitrogen and oxygen atoms in total. The topological polar surface area (TPSA) is 161 Å². The van der Waals surface area contributed by atoms with Gasteiger partial charge in [0.15, 0.2) is 5.13 Å². The average molecular weight is 647 g/mol. The van der Waals surface area contributed by atoms with Crippen molar-refractivity contribution in [3.63, 3.8) is 0 Å². The van der Waals surface area contributed by atoms with E-state index in [4.69, 9.17) is 11.5 Å². The van der Waals surface area contributed by atoms with Crippen molar-refractivity contribution in [2.45, 2.75) is 58.3 Å². The maximum absolute atomic E-state index is 14.3. The molecule has 2 saturated heterocycles. The predicted octanol–water partition coefficient (Wildman–Crippen LogP) is 3.59. The second kappa shape index (κ2) is 13.8. The van der Waals surface area contributed by atoms with Crippen molar-refractivity contribution < 1.29 is 19.5 Å². The summed E-state index contributed by atoms with van der Waals surface area (Å²) < 4.78 is 0. The molecule has 3 aliphatic rings. The van der Waals surface area contributed by atoms with E-state index >= 15 is 0 Å². The number of fused-ring (bicyclic) bond motifs is 1. The SMILES string of the molecule is C=Cc1sc(N)nc1/C(=C\C)CN1C[C@H]2N(C(=O)CN2N(C(=O)NCC2=CCCC=C2)C(C)C)[C@@H](Cc2ccc(O)c(N)c2)C1=O. The van der Waals surface area contributed by atoms with E-state index in [-0.39, 0.29) is 61.4 Å². The van der Waals surface area contributed by atoms with Crippen LogP contribution in [0.4, 0.5) is 15.6 Å². The third-order valence-corrected chi connectivity index (χ3v) is 9.33. The molecule has 6 N–H and O–H groups in total. The van der Waals surface area contributed by atoms with Gasteiger partial charge in [0, 0.05) is 25.6 Å². The van der Waals surface area contributed by atoms with E-state index in [1.54, 1.807) is 38.0 Å². The molecule has 46 heavy (non-hydrogen) atoms. The van der Waals surface area contributed by atoms with Crippen LogP contribution in [0.2, 0.25) is 0 Å². The number of piperazine rings is 1. The molecule has 1 aliphatic carbocycles. The minimum atomic E-state index is -0.868. The summed E-state index contributed by atoms with van der Waals surface area (Å²) in [6.07, 6.45) is 11.3. The standard InChI is InChI=1S/C33H42N8O4S/c1-5-23(30-27(6-2)46-32(35)37-30)17-38-18-28-39(41(20(3)4)33(45)36-16-21-10-8-7-9-11-21)19-29(43)40(28)25(31(38)44)15-22-12-13-26(42)24(34)14-22/h5-6,8,10-14,20,25,28,42H,2,7,9,15-19,34H2,1,3-4H3,(H2,35,37)(H,36,45)/b23-5-/t25-,28+/m0/s1. The number of benzene rings is 1. The summed E-state index contributed by atoms with van der Waals surface area (Å²) in [6.45, 7) is 10.3. The summed E-state index contributed by atoms with van der Waals surface area (Å²) >= 11 is 1.32. The number of aromatic hydroxyl groups is 1. The Morgan fingerprint density at radius 1 is 1.28 bits per heavy atom. The van der Waals surface area contributed by atoms with Gasteiger partial charge in [-0.25, -0.2) is 9.78 Å². The summed E-state index contributed by atoms with van der Waals surface area (Å²) in [5, 5.41) is 16.8. The first-order valence-corrected chi connectivity index (χ1v) is 16.2. The molecule has 2 atom stereocenters. The fourth-order valence-electron chi connectivity index (χ4n) is 6.25. The Hall–Kier alpha value is -4.62. The number of carbonyl (C=O) groups is 3. The van der Waals surface area contributed by atoms with Gasteiger partial charge < -0.3 is 31.7 Å². The number of allylic oxidation sites excluding steroid dienone is 3. The number of nitrogens with two attached hydrogens (primary N) is 2. The summed E-state index contributed by atoms with van der Waals surface area (Å²) in [5.41, 5.74) is 15.4. The van der Waals surface area contributed by atoms with Crippen LogP contribution in [-0.2, 0) is 16.0 Å². The van der Waals surface area contributed by atoms with Crippen molar-refractivity contribution in [2.75, 3.05) is 37.6 Å². The molecule has 0 saturated carbocycles. The number of phenols is 1. The first-order chi connectivity index (χ1) is 22.0. The van der Waals surface area contributed by atoms with Gasteiger partial charge >= 0.3 is 6.03 Å². The monoisotopic (exact) mass is 646 g/mol. The van der Waals surface area contributed by atoms with Gasteiger partial charge in [-0.1, -0.05) is 48.3 Å². The largest absolute Gasteiger partial charge is 0.506 e. The van der Waals surface area contributed by atoms with Gasteiger partial charge in [0.1, 0.15) is 18.0 Å². The molecule has 3 heterocycles. The Morgan fingerprint density at radius 2 is 2.07 bits per heavy atom. The van der Waals surface area contributed by atoms with E-state index in [0.29, 0.717) is 22.9 Å². The Morgan fingerprint density at radius 3 is 2.72 bits per heavy atom. The van der Waals surface area contributed by atoms with Crippen LogP contribution in [-0.4, -0.2) is 92.2 Å². The molecular formula is C33H42N8O4S. The quantitative estimate of drug-likeness (QED) is 0.225. The van der Waals surface area contributed by atoms with Gasteiger partial charge in [0.25, 0.3) is 0 Å². The molecule has 13 heteroatoms. The van der Waals surface area contributed by atoms with Crippen molar-refractivity contribution in [1.82, 2.24) is 30.1 Å². The number of phenolic OH excluding ortho intramolecular Hbond substituents is 1. The molecule has 0 spiro atoms. The van der Waals surface area contributed by atoms with E-state index < -0.39 is 12.2 Å². The highest BCUT2D eigenvalue weighted by molar-refractivity contribution is 7.16. The van der Waals surface area contributed by atoms with Gasteiger partial charge in [0.05, 0.1) is 29.3 Å². The van der Waals surface area contributed by atoms with Crippen molar-refractivity contribution in [1.29, 1.82) is 0 Å². The summed E-state index contributed by atoms with van der Waals surface area (Å²) in [4.78, 5) is 50.4. The highest BCUT2D eigenvalue weighted by Crippen LogP contribution is 2.34. The van der Waals surface area contributed by atoms with Crippen LogP contribution in [0.1, 0.15) is 49.7 Å². The third kappa shape index (κ3) is 6.65. The highest BCUT2D eigenvalue weighted by atomic mass is 32.1. The number of hydrogen-bond donors (Lipinski definition) is 4. The number of rotatable bonds is 10. The minimum absolute atomic E-state index is 0.0574. The van der Waals surface area contributed by atoms with Crippen molar-refractivity contribution in [2.24, 2.45) is 0 Å².